The number of primary sulfonamides is 1. The van der Waals surface area contributed by atoms with Crippen LogP contribution in [0.1, 0.15) is 0 Å². The maximum absolute atomic E-state index is 11.1. The van der Waals surface area contributed by atoms with Gasteiger partial charge < -0.3 is 5.11 Å². The molecule has 0 aliphatic carbocycles. The molecule has 4 nitrogen and oxygen atoms in total. The Labute approximate surface area is 87.0 Å². The standard InChI is InChI=1S/C10H9NO3S/c11-15(13,14)9-6-5-7-3-1-2-4-8(7)10(9)12/h1-6,12H,(H2,11,13,14). The lowest BCUT2D eigenvalue weighted by Crippen LogP contribution is -2.12. The molecule has 0 aromatic heterocycles. The average Bonchev–Trinajstić information content (AvgIpc) is 2.16. The number of sulfonamides is 1. The van der Waals surface area contributed by atoms with Gasteiger partial charge in [-0.15, -0.1) is 0 Å². The number of phenols is 1. The summed E-state index contributed by atoms with van der Waals surface area (Å²) in [6.45, 7) is 0. The number of rotatable bonds is 1. The highest BCUT2D eigenvalue weighted by Gasteiger charge is 2.15. The minimum Gasteiger partial charge on any atom is -0.506 e. The van der Waals surface area contributed by atoms with Gasteiger partial charge in [-0.1, -0.05) is 30.3 Å². The van der Waals surface area contributed by atoms with E-state index in [0.717, 1.165) is 5.39 Å². The number of hydrogen-bond acceptors (Lipinski definition) is 3. The normalized spacial score (nSPS) is 11.8. The van der Waals surface area contributed by atoms with Crippen LogP contribution in [-0.4, -0.2) is 13.5 Å². The zero-order valence-corrected chi connectivity index (χ0v) is 8.53. The number of nitrogens with two attached hydrogens (primary N) is 1. The maximum atomic E-state index is 11.1. The molecule has 0 bridgehead atoms. The van der Waals surface area contributed by atoms with E-state index in [1.807, 2.05) is 0 Å². The lowest BCUT2D eigenvalue weighted by atomic mass is 10.1. The molecule has 78 valence electrons. The van der Waals surface area contributed by atoms with Gasteiger partial charge in [0.15, 0.2) is 0 Å². The largest absolute Gasteiger partial charge is 0.506 e. The first kappa shape index (κ1) is 9.95. The average molecular weight is 223 g/mol. The van der Waals surface area contributed by atoms with Crippen molar-refractivity contribution in [3.8, 4) is 5.75 Å². The summed E-state index contributed by atoms with van der Waals surface area (Å²) in [6, 6.07) is 9.84. The van der Waals surface area contributed by atoms with Crippen LogP contribution in [0.3, 0.4) is 0 Å². The summed E-state index contributed by atoms with van der Waals surface area (Å²) >= 11 is 0. The van der Waals surface area contributed by atoms with E-state index in [4.69, 9.17) is 5.14 Å². The first-order valence-electron chi connectivity index (χ1n) is 4.23. The second-order valence-electron chi connectivity index (χ2n) is 3.18. The molecule has 0 aliphatic rings. The molecule has 0 spiro atoms. The first-order chi connectivity index (χ1) is 7.00. The van der Waals surface area contributed by atoms with Gasteiger partial charge in [-0.2, -0.15) is 0 Å². The zero-order valence-electron chi connectivity index (χ0n) is 7.71. The fraction of sp³-hybridized carbons (Fsp3) is 0. The molecule has 0 unspecified atom stereocenters. The van der Waals surface area contributed by atoms with Gasteiger partial charge in [0, 0.05) is 5.39 Å². The van der Waals surface area contributed by atoms with E-state index in [2.05, 4.69) is 0 Å². The minimum atomic E-state index is -3.87. The summed E-state index contributed by atoms with van der Waals surface area (Å²) < 4.78 is 22.2. The molecule has 2 aromatic carbocycles. The van der Waals surface area contributed by atoms with E-state index in [-0.39, 0.29) is 10.6 Å². The molecule has 2 rings (SSSR count). The Morgan fingerprint density at radius 1 is 1.07 bits per heavy atom. The Balaban J connectivity index is 2.88. The summed E-state index contributed by atoms with van der Waals surface area (Å²) in [6.07, 6.45) is 0. The molecule has 0 radical (unpaired) electrons. The van der Waals surface area contributed by atoms with Crippen molar-refractivity contribution < 1.29 is 13.5 Å². The first-order valence-corrected chi connectivity index (χ1v) is 5.78. The SMILES string of the molecule is NS(=O)(=O)c1ccc2ccccc2c1O. The van der Waals surface area contributed by atoms with Crippen LogP contribution in [0.15, 0.2) is 41.3 Å². The number of fused-ring (bicyclic) bond motifs is 1. The Hall–Kier alpha value is -1.59. The van der Waals surface area contributed by atoms with Gasteiger partial charge in [0.2, 0.25) is 10.0 Å². The van der Waals surface area contributed by atoms with Crippen molar-refractivity contribution in [3.63, 3.8) is 0 Å². The summed E-state index contributed by atoms with van der Waals surface area (Å²) in [5.41, 5.74) is 0. The molecule has 0 aliphatic heterocycles. The third-order valence-electron chi connectivity index (χ3n) is 2.17. The summed E-state index contributed by atoms with van der Waals surface area (Å²) in [5, 5.41) is 15.9. The second-order valence-corrected chi connectivity index (χ2v) is 4.71. The molecule has 0 heterocycles. The predicted octanol–water partition coefficient (Wildman–Crippen LogP) is 1.19. The highest BCUT2D eigenvalue weighted by atomic mass is 32.2. The van der Waals surface area contributed by atoms with E-state index in [9.17, 15) is 13.5 Å². The van der Waals surface area contributed by atoms with Crippen molar-refractivity contribution >= 4 is 20.8 Å². The molecule has 5 heteroatoms. The van der Waals surface area contributed by atoms with Crippen LogP contribution in [0, 0.1) is 0 Å². The fourth-order valence-electron chi connectivity index (χ4n) is 1.46. The lowest BCUT2D eigenvalue weighted by Gasteiger charge is -2.05. The summed E-state index contributed by atoms with van der Waals surface area (Å²) in [4.78, 5) is -0.249. The molecule has 0 saturated heterocycles. The van der Waals surface area contributed by atoms with Crippen LogP contribution >= 0.6 is 0 Å². The third-order valence-corrected chi connectivity index (χ3v) is 3.11. The van der Waals surface area contributed by atoms with Gasteiger partial charge in [0.1, 0.15) is 10.6 Å². The second kappa shape index (κ2) is 3.22. The monoisotopic (exact) mass is 223 g/mol. The summed E-state index contributed by atoms with van der Waals surface area (Å²) in [5.74, 6) is -0.296. The Morgan fingerprint density at radius 3 is 2.40 bits per heavy atom. The van der Waals surface area contributed by atoms with E-state index < -0.39 is 10.0 Å². The number of hydrogen-bond donors (Lipinski definition) is 2. The van der Waals surface area contributed by atoms with Gasteiger partial charge in [-0.3, -0.25) is 0 Å². The number of benzene rings is 2. The predicted molar refractivity (Wildman–Crippen MR) is 57.0 cm³/mol. The van der Waals surface area contributed by atoms with Crippen molar-refractivity contribution in [1.29, 1.82) is 0 Å². The molecular formula is C10H9NO3S. The van der Waals surface area contributed by atoms with Crippen LogP contribution < -0.4 is 5.14 Å². The molecule has 0 fully saturated rings. The van der Waals surface area contributed by atoms with Crippen molar-refractivity contribution in [1.82, 2.24) is 0 Å². The van der Waals surface area contributed by atoms with Crippen LogP contribution in [0.5, 0.6) is 5.75 Å². The van der Waals surface area contributed by atoms with Crippen LogP contribution in [0.4, 0.5) is 0 Å². The van der Waals surface area contributed by atoms with E-state index in [1.54, 1.807) is 30.3 Å². The molecular weight excluding hydrogens is 214 g/mol. The molecule has 0 atom stereocenters. The maximum Gasteiger partial charge on any atom is 0.241 e. The van der Waals surface area contributed by atoms with Crippen molar-refractivity contribution in [2.75, 3.05) is 0 Å². The fourth-order valence-corrected chi connectivity index (χ4v) is 2.10. The van der Waals surface area contributed by atoms with E-state index in [0.29, 0.717) is 5.39 Å². The van der Waals surface area contributed by atoms with E-state index >= 15 is 0 Å². The number of phenolic OH excluding ortho intramolecular Hbond substituents is 1. The smallest absolute Gasteiger partial charge is 0.241 e. The van der Waals surface area contributed by atoms with Gasteiger partial charge >= 0.3 is 0 Å². The Bertz CT molecular complexity index is 620. The van der Waals surface area contributed by atoms with Crippen LogP contribution in [-0.2, 0) is 10.0 Å². The van der Waals surface area contributed by atoms with Crippen LogP contribution in [0.2, 0.25) is 0 Å². The van der Waals surface area contributed by atoms with Crippen molar-refractivity contribution in [3.05, 3.63) is 36.4 Å². The van der Waals surface area contributed by atoms with E-state index in [1.165, 1.54) is 6.07 Å². The van der Waals surface area contributed by atoms with Crippen molar-refractivity contribution in [2.45, 2.75) is 4.90 Å². The molecule has 15 heavy (non-hydrogen) atoms. The van der Waals surface area contributed by atoms with Gasteiger partial charge in [0.25, 0.3) is 0 Å². The zero-order chi connectivity index (χ0) is 11.1. The highest BCUT2D eigenvalue weighted by molar-refractivity contribution is 7.89. The lowest BCUT2D eigenvalue weighted by molar-refractivity contribution is 0.465. The molecule has 3 N–H and O–H groups in total. The van der Waals surface area contributed by atoms with Crippen LogP contribution in [0.25, 0.3) is 10.8 Å². The molecule has 0 saturated carbocycles. The molecule has 0 amide bonds. The minimum absolute atomic E-state index is 0.249. The molecule has 2 aromatic rings. The highest BCUT2D eigenvalue weighted by Crippen LogP contribution is 2.30. The number of aromatic hydroxyl groups is 1. The van der Waals surface area contributed by atoms with Gasteiger partial charge in [-0.25, -0.2) is 13.6 Å². The Morgan fingerprint density at radius 2 is 1.73 bits per heavy atom. The third kappa shape index (κ3) is 1.67. The van der Waals surface area contributed by atoms with Gasteiger partial charge in [0.05, 0.1) is 0 Å². The van der Waals surface area contributed by atoms with Gasteiger partial charge in [-0.05, 0) is 11.5 Å². The van der Waals surface area contributed by atoms with Crippen molar-refractivity contribution in [2.24, 2.45) is 5.14 Å². The summed E-state index contributed by atoms with van der Waals surface area (Å²) in [7, 11) is -3.87. The quantitative estimate of drug-likeness (QED) is 0.762. The topological polar surface area (TPSA) is 80.4 Å². The Kier molecular flexibility index (Phi) is 2.13.